The monoisotopic (exact) mass is 235 g/mol. The predicted octanol–water partition coefficient (Wildman–Crippen LogP) is 1.45. The van der Waals surface area contributed by atoms with E-state index in [0.717, 1.165) is 11.4 Å². The van der Waals surface area contributed by atoms with Gasteiger partial charge in [-0.2, -0.15) is 0 Å². The first-order valence-corrected chi connectivity index (χ1v) is 6.31. The Morgan fingerprint density at radius 3 is 2.71 bits per heavy atom. The molecule has 94 valence electrons. The fourth-order valence-electron chi connectivity index (χ4n) is 2.17. The Balaban J connectivity index is 2.11. The second-order valence-electron chi connectivity index (χ2n) is 4.73. The van der Waals surface area contributed by atoms with Gasteiger partial charge in [-0.25, -0.2) is 0 Å². The lowest BCUT2D eigenvalue weighted by Gasteiger charge is -2.38. The third-order valence-corrected chi connectivity index (χ3v) is 3.43. The summed E-state index contributed by atoms with van der Waals surface area (Å²) >= 11 is 0. The number of nitrogens with zero attached hydrogens (tertiary/aromatic N) is 2. The fraction of sp³-hybridized carbons (Fsp3) is 0.615. The van der Waals surface area contributed by atoms with Gasteiger partial charge < -0.3 is 15.7 Å². The van der Waals surface area contributed by atoms with Crippen molar-refractivity contribution in [1.29, 1.82) is 0 Å². The summed E-state index contributed by atoms with van der Waals surface area (Å²) in [4.78, 5) is 6.63. The van der Waals surface area contributed by atoms with Crippen LogP contribution in [-0.4, -0.2) is 29.3 Å². The van der Waals surface area contributed by atoms with Gasteiger partial charge in [-0.05, 0) is 38.3 Å². The van der Waals surface area contributed by atoms with E-state index in [1.165, 1.54) is 19.3 Å². The van der Waals surface area contributed by atoms with Crippen molar-refractivity contribution in [3.63, 3.8) is 0 Å². The molecule has 1 atom stereocenters. The van der Waals surface area contributed by atoms with Crippen molar-refractivity contribution in [3.05, 3.63) is 24.0 Å². The molecule has 3 N–H and O–H groups in total. The van der Waals surface area contributed by atoms with E-state index in [9.17, 15) is 0 Å². The van der Waals surface area contributed by atoms with Crippen LogP contribution in [0.4, 0.5) is 5.69 Å². The van der Waals surface area contributed by atoms with Gasteiger partial charge in [0.2, 0.25) is 0 Å². The van der Waals surface area contributed by atoms with Crippen LogP contribution in [0.1, 0.15) is 37.9 Å². The largest absolute Gasteiger partial charge is 0.395 e. The maximum atomic E-state index is 9.13. The lowest BCUT2D eigenvalue weighted by atomic mass is 9.91. The van der Waals surface area contributed by atoms with Crippen molar-refractivity contribution < 1.29 is 5.11 Å². The zero-order valence-corrected chi connectivity index (χ0v) is 10.3. The summed E-state index contributed by atoms with van der Waals surface area (Å²) in [7, 11) is 0. The third-order valence-electron chi connectivity index (χ3n) is 3.43. The van der Waals surface area contributed by atoms with Crippen molar-refractivity contribution in [2.75, 3.05) is 18.1 Å². The summed E-state index contributed by atoms with van der Waals surface area (Å²) in [5, 5.41) is 9.13. The Kier molecular flexibility index (Phi) is 3.97. The van der Waals surface area contributed by atoms with Gasteiger partial charge in [0, 0.05) is 18.6 Å². The third kappa shape index (κ3) is 2.76. The molecule has 2 rings (SSSR count). The van der Waals surface area contributed by atoms with Crippen LogP contribution >= 0.6 is 0 Å². The van der Waals surface area contributed by atoms with Crippen molar-refractivity contribution in [1.82, 2.24) is 4.98 Å². The molecule has 0 radical (unpaired) electrons. The van der Waals surface area contributed by atoms with E-state index in [0.29, 0.717) is 12.6 Å². The molecule has 0 aliphatic heterocycles. The van der Waals surface area contributed by atoms with Crippen LogP contribution in [0.3, 0.4) is 0 Å². The van der Waals surface area contributed by atoms with Gasteiger partial charge >= 0.3 is 0 Å². The van der Waals surface area contributed by atoms with Gasteiger partial charge in [-0.15, -0.1) is 0 Å². The Labute approximate surface area is 102 Å². The standard InChI is InChI=1S/C13H21N3O/c1-10(14)13-6-5-12(9-15-13)16(7-8-17)11-3-2-4-11/h5-6,9-11,17H,2-4,7-8,14H2,1H3/t10-/m1/s1. The molecule has 1 heterocycles. The summed E-state index contributed by atoms with van der Waals surface area (Å²) in [5.41, 5.74) is 7.78. The van der Waals surface area contributed by atoms with Crippen LogP contribution in [0.15, 0.2) is 18.3 Å². The van der Waals surface area contributed by atoms with Crippen molar-refractivity contribution in [2.24, 2.45) is 5.73 Å². The first-order valence-electron chi connectivity index (χ1n) is 6.31. The van der Waals surface area contributed by atoms with E-state index in [1.54, 1.807) is 0 Å². The molecular weight excluding hydrogens is 214 g/mol. The van der Waals surface area contributed by atoms with Crippen molar-refractivity contribution >= 4 is 5.69 Å². The maximum absolute atomic E-state index is 9.13. The summed E-state index contributed by atoms with van der Waals surface area (Å²) < 4.78 is 0. The molecule has 0 unspecified atom stereocenters. The van der Waals surface area contributed by atoms with Gasteiger partial charge in [0.05, 0.1) is 24.2 Å². The summed E-state index contributed by atoms with van der Waals surface area (Å²) in [5.74, 6) is 0. The molecule has 0 saturated heterocycles. The number of hydrogen-bond acceptors (Lipinski definition) is 4. The molecule has 4 nitrogen and oxygen atoms in total. The molecule has 4 heteroatoms. The molecule has 0 spiro atoms. The Bertz CT molecular complexity index is 346. The molecule has 1 aliphatic carbocycles. The topological polar surface area (TPSA) is 62.4 Å². The molecule has 17 heavy (non-hydrogen) atoms. The molecule has 1 aromatic heterocycles. The molecule has 1 saturated carbocycles. The van der Waals surface area contributed by atoms with E-state index < -0.39 is 0 Å². The van der Waals surface area contributed by atoms with E-state index in [2.05, 4.69) is 16.0 Å². The van der Waals surface area contributed by atoms with Crippen LogP contribution in [0.5, 0.6) is 0 Å². The van der Waals surface area contributed by atoms with Gasteiger partial charge in [0.1, 0.15) is 0 Å². The second kappa shape index (κ2) is 5.47. The van der Waals surface area contributed by atoms with Crippen molar-refractivity contribution in [2.45, 2.75) is 38.3 Å². The van der Waals surface area contributed by atoms with Crippen LogP contribution in [0.2, 0.25) is 0 Å². The molecule has 0 amide bonds. The number of anilines is 1. The summed E-state index contributed by atoms with van der Waals surface area (Å²) in [6.45, 7) is 2.80. The van der Waals surface area contributed by atoms with Crippen LogP contribution in [0.25, 0.3) is 0 Å². The number of rotatable bonds is 5. The molecular formula is C13H21N3O. The Morgan fingerprint density at radius 1 is 1.53 bits per heavy atom. The average molecular weight is 235 g/mol. The molecule has 1 aromatic rings. The highest BCUT2D eigenvalue weighted by Crippen LogP contribution is 2.29. The van der Waals surface area contributed by atoms with Gasteiger partial charge in [-0.1, -0.05) is 0 Å². The van der Waals surface area contributed by atoms with Crippen molar-refractivity contribution in [3.8, 4) is 0 Å². The maximum Gasteiger partial charge on any atom is 0.0606 e. The average Bonchev–Trinajstić information content (AvgIpc) is 2.26. The minimum atomic E-state index is -0.0287. The quantitative estimate of drug-likeness (QED) is 0.811. The van der Waals surface area contributed by atoms with Gasteiger partial charge in [-0.3, -0.25) is 4.98 Å². The zero-order chi connectivity index (χ0) is 12.3. The van der Waals surface area contributed by atoms with Gasteiger partial charge in [0.15, 0.2) is 0 Å². The number of aromatic nitrogens is 1. The Morgan fingerprint density at radius 2 is 2.29 bits per heavy atom. The zero-order valence-electron chi connectivity index (χ0n) is 10.3. The smallest absolute Gasteiger partial charge is 0.0606 e. The first kappa shape index (κ1) is 12.3. The molecule has 0 bridgehead atoms. The highest BCUT2D eigenvalue weighted by atomic mass is 16.3. The number of nitrogens with two attached hydrogens (primary N) is 1. The van der Waals surface area contributed by atoms with E-state index in [4.69, 9.17) is 10.8 Å². The number of pyridine rings is 1. The molecule has 1 aliphatic rings. The highest BCUT2D eigenvalue weighted by Gasteiger charge is 2.24. The SMILES string of the molecule is C[C@@H](N)c1ccc(N(CCO)C2CCC2)cn1. The highest BCUT2D eigenvalue weighted by molar-refractivity contribution is 5.46. The summed E-state index contributed by atoms with van der Waals surface area (Å²) in [6.07, 6.45) is 5.59. The van der Waals surface area contributed by atoms with E-state index >= 15 is 0 Å². The van der Waals surface area contributed by atoms with Crippen LogP contribution in [0, 0.1) is 0 Å². The van der Waals surface area contributed by atoms with Crippen LogP contribution < -0.4 is 10.6 Å². The fourth-order valence-corrected chi connectivity index (χ4v) is 2.17. The second-order valence-corrected chi connectivity index (χ2v) is 4.73. The minimum absolute atomic E-state index is 0.0287. The summed E-state index contributed by atoms with van der Waals surface area (Å²) in [6, 6.07) is 4.58. The van der Waals surface area contributed by atoms with Crippen LogP contribution in [-0.2, 0) is 0 Å². The van der Waals surface area contributed by atoms with E-state index in [1.807, 2.05) is 19.2 Å². The number of aliphatic hydroxyl groups is 1. The normalized spacial score (nSPS) is 17.6. The molecule has 0 aromatic carbocycles. The molecule has 1 fully saturated rings. The predicted molar refractivity (Wildman–Crippen MR) is 68.9 cm³/mol. The van der Waals surface area contributed by atoms with Gasteiger partial charge in [0.25, 0.3) is 0 Å². The number of aliphatic hydroxyl groups excluding tert-OH is 1. The number of hydrogen-bond donors (Lipinski definition) is 2. The van der Waals surface area contributed by atoms with E-state index in [-0.39, 0.29) is 12.6 Å². The lowest BCUT2D eigenvalue weighted by molar-refractivity contribution is 0.283. The minimum Gasteiger partial charge on any atom is -0.395 e. The first-order chi connectivity index (χ1) is 8.22. The Hall–Kier alpha value is -1.13. The lowest BCUT2D eigenvalue weighted by Crippen LogP contribution is -2.42.